The number of benzene rings is 1. The van der Waals surface area contributed by atoms with Crippen molar-refractivity contribution >= 4 is 33.6 Å². The molecule has 7 nitrogen and oxygen atoms in total. The Kier molecular flexibility index (Phi) is 6.36. The summed E-state index contributed by atoms with van der Waals surface area (Å²) in [6.07, 6.45) is 3.27. The Morgan fingerprint density at radius 1 is 1.33 bits per heavy atom. The molecule has 2 amide bonds. The topological polar surface area (TPSA) is 85.2 Å². The van der Waals surface area contributed by atoms with E-state index in [-0.39, 0.29) is 18.5 Å². The first-order valence-corrected chi connectivity index (χ1v) is 8.29. The lowest BCUT2D eigenvalue weighted by atomic mass is 10.3. The summed E-state index contributed by atoms with van der Waals surface area (Å²) >= 11 is 3.34. The van der Waals surface area contributed by atoms with Crippen LogP contribution >= 0.6 is 15.9 Å². The van der Waals surface area contributed by atoms with Gasteiger partial charge in [-0.3, -0.25) is 0 Å². The average molecular weight is 395 g/mol. The van der Waals surface area contributed by atoms with Crippen molar-refractivity contribution in [1.82, 2.24) is 14.9 Å². The summed E-state index contributed by atoms with van der Waals surface area (Å²) in [6, 6.07) is 6.39. The number of hydrogen-bond acceptors (Lipinski definition) is 4. The molecule has 0 bridgehead atoms. The monoisotopic (exact) mass is 394 g/mol. The van der Waals surface area contributed by atoms with Crippen molar-refractivity contribution in [2.45, 2.75) is 26.4 Å². The lowest BCUT2D eigenvalue weighted by Gasteiger charge is -2.15. The zero-order valence-corrected chi connectivity index (χ0v) is 15.0. The summed E-state index contributed by atoms with van der Waals surface area (Å²) in [4.78, 5) is 28.0. The molecule has 0 radical (unpaired) electrons. The number of carbonyl (C=O) groups excluding carboxylic acids is 2. The second-order valence-electron chi connectivity index (χ2n) is 4.99. The molecule has 2 N–H and O–H groups in total. The van der Waals surface area contributed by atoms with Crippen LogP contribution in [0.15, 0.2) is 41.1 Å². The third-order valence-electron chi connectivity index (χ3n) is 3.30. The molecule has 2 aromatic rings. The van der Waals surface area contributed by atoms with E-state index in [1.807, 2.05) is 12.1 Å². The number of esters is 1. The number of nitrogens with one attached hydrogen (secondary N) is 2. The number of rotatable bonds is 6. The van der Waals surface area contributed by atoms with Gasteiger partial charge in [0, 0.05) is 22.6 Å². The maximum absolute atomic E-state index is 11.9. The molecule has 0 aliphatic carbocycles. The van der Waals surface area contributed by atoms with Crippen molar-refractivity contribution in [2.75, 3.05) is 11.9 Å². The van der Waals surface area contributed by atoms with E-state index in [1.54, 1.807) is 42.9 Å². The highest BCUT2D eigenvalue weighted by atomic mass is 79.9. The first-order valence-electron chi connectivity index (χ1n) is 7.50. The van der Waals surface area contributed by atoms with Crippen LogP contribution in [0.4, 0.5) is 10.5 Å². The third kappa shape index (κ3) is 4.82. The van der Waals surface area contributed by atoms with Crippen LogP contribution in [0.25, 0.3) is 0 Å². The predicted molar refractivity (Wildman–Crippen MR) is 93.6 cm³/mol. The molecule has 2 rings (SSSR count). The average Bonchev–Trinajstić information content (AvgIpc) is 3.03. The third-order valence-corrected chi connectivity index (χ3v) is 3.83. The highest BCUT2D eigenvalue weighted by molar-refractivity contribution is 9.10. The molecule has 0 aliphatic rings. The van der Waals surface area contributed by atoms with Crippen LogP contribution < -0.4 is 10.6 Å². The van der Waals surface area contributed by atoms with Gasteiger partial charge in [0.25, 0.3) is 0 Å². The molecule has 0 spiro atoms. The van der Waals surface area contributed by atoms with Crippen LogP contribution in [0.3, 0.4) is 0 Å². The first kappa shape index (κ1) is 18.0. The Labute approximate surface area is 148 Å². The highest BCUT2D eigenvalue weighted by Crippen LogP contribution is 2.14. The van der Waals surface area contributed by atoms with Gasteiger partial charge in [0.05, 0.1) is 13.2 Å². The number of amides is 2. The fourth-order valence-electron chi connectivity index (χ4n) is 2.08. The van der Waals surface area contributed by atoms with E-state index < -0.39 is 6.04 Å². The van der Waals surface area contributed by atoms with Crippen LogP contribution in [0.2, 0.25) is 0 Å². The van der Waals surface area contributed by atoms with E-state index >= 15 is 0 Å². The van der Waals surface area contributed by atoms with E-state index in [2.05, 4.69) is 31.5 Å². The van der Waals surface area contributed by atoms with Crippen LogP contribution in [0.5, 0.6) is 0 Å². The molecule has 8 heteroatoms. The van der Waals surface area contributed by atoms with Gasteiger partial charge in [-0.25, -0.2) is 14.6 Å². The summed E-state index contributed by atoms with van der Waals surface area (Å²) in [5.74, 6) is 0.234. The first-order chi connectivity index (χ1) is 11.5. The Balaban J connectivity index is 1.92. The Bertz CT molecular complexity index is 700. The molecule has 1 unspecified atom stereocenters. The normalized spacial score (nSPS) is 11.6. The number of ether oxygens (including phenoxy) is 1. The van der Waals surface area contributed by atoms with E-state index in [4.69, 9.17) is 4.74 Å². The molecule has 128 valence electrons. The minimum absolute atomic E-state index is 0.194. The van der Waals surface area contributed by atoms with Gasteiger partial charge in [0.2, 0.25) is 0 Å². The van der Waals surface area contributed by atoms with Crippen molar-refractivity contribution in [3.63, 3.8) is 0 Å². The van der Waals surface area contributed by atoms with Gasteiger partial charge in [0.1, 0.15) is 11.9 Å². The second kappa shape index (κ2) is 8.49. The Morgan fingerprint density at radius 2 is 2.04 bits per heavy atom. The van der Waals surface area contributed by atoms with E-state index in [0.717, 1.165) is 4.47 Å². The molecule has 24 heavy (non-hydrogen) atoms. The molecule has 1 aromatic heterocycles. The largest absolute Gasteiger partial charge is 0.464 e. The number of aromatic nitrogens is 2. The van der Waals surface area contributed by atoms with Crippen molar-refractivity contribution in [3.8, 4) is 0 Å². The molecule has 1 heterocycles. The summed E-state index contributed by atoms with van der Waals surface area (Å²) in [5.41, 5.74) is 0.680. The second-order valence-corrected chi connectivity index (χ2v) is 5.91. The standard InChI is InChI=1S/C16H19BrN4O3/c1-3-24-15(22)11(2)21-9-8-18-14(21)10-19-16(23)20-13-6-4-12(17)5-7-13/h4-9,11H,3,10H2,1-2H3,(H2,19,20,23). The molecule has 0 fully saturated rings. The number of carbonyl (C=O) groups is 2. The van der Waals surface area contributed by atoms with E-state index in [1.165, 1.54) is 0 Å². The number of hydrogen-bond donors (Lipinski definition) is 2. The summed E-state index contributed by atoms with van der Waals surface area (Å²) in [5, 5.41) is 5.44. The number of urea groups is 1. The zero-order chi connectivity index (χ0) is 17.5. The molecule has 0 saturated carbocycles. The smallest absolute Gasteiger partial charge is 0.328 e. The Morgan fingerprint density at radius 3 is 2.71 bits per heavy atom. The lowest BCUT2D eigenvalue weighted by Crippen LogP contribution is -2.30. The maximum atomic E-state index is 11.9. The molecular weight excluding hydrogens is 376 g/mol. The molecule has 1 aromatic carbocycles. The van der Waals surface area contributed by atoms with Gasteiger partial charge >= 0.3 is 12.0 Å². The summed E-state index contributed by atoms with van der Waals surface area (Å²) in [7, 11) is 0. The number of nitrogens with zero attached hydrogens (tertiary/aromatic N) is 2. The van der Waals surface area contributed by atoms with Crippen LogP contribution in [0, 0.1) is 0 Å². The van der Waals surface area contributed by atoms with Gasteiger partial charge < -0.3 is 19.9 Å². The number of halogens is 1. The van der Waals surface area contributed by atoms with Crippen molar-refractivity contribution in [1.29, 1.82) is 0 Å². The molecule has 0 aliphatic heterocycles. The van der Waals surface area contributed by atoms with Gasteiger partial charge in [-0.2, -0.15) is 0 Å². The summed E-state index contributed by atoms with van der Waals surface area (Å²) < 4.78 is 7.62. The van der Waals surface area contributed by atoms with Gasteiger partial charge in [-0.05, 0) is 38.1 Å². The SMILES string of the molecule is CCOC(=O)C(C)n1ccnc1CNC(=O)Nc1ccc(Br)cc1. The quantitative estimate of drug-likeness (QED) is 0.737. The number of anilines is 1. The number of imidazole rings is 1. The molecular formula is C16H19BrN4O3. The minimum atomic E-state index is -0.501. The maximum Gasteiger partial charge on any atom is 0.328 e. The van der Waals surface area contributed by atoms with Crippen LogP contribution in [-0.4, -0.2) is 28.2 Å². The predicted octanol–water partition coefficient (Wildman–Crippen LogP) is 3.09. The fourth-order valence-corrected chi connectivity index (χ4v) is 2.34. The van der Waals surface area contributed by atoms with Crippen molar-refractivity contribution in [3.05, 3.63) is 47.0 Å². The van der Waals surface area contributed by atoms with E-state index in [0.29, 0.717) is 18.1 Å². The van der Waals surface area contributed by atoms with Crippen LogP contribution in [-0.2, 0) is 16.1 Å². The minimum Gasteiger partial charge on any atom is -0.464 e. The molecule has 1 atom stereocenters. The zero-order valence-electron chi connectivity index (χ0n) is 13.5. The van der Waals surface area contributed by atoms with Crippen molar-refractivity contribution < 1.29 is 14.3 Å². The lowest BCUT2D eigenvalue weighted by molar-refractivity contribution is -0.146. The van der Waals surface area contributed by atoms with Gasteiger partial charge in [0.15, 0.2) is 0 Å². The fraction of sp³-hybridized carbons (Fsp3) is 0.312. The van der Waals surface area contributed by atoms with Crippen molar-refractivity contribution in [2.24, 2.45) is 0 Å². The Hall–Kier alpha value is -2.35. The van der Waals surface area contributed by atoms with Gasteiger partial charge in [-0.1, -0.05) is 15.9 Å². The van der Waals surface area contributed by atoms with Gasteiger partial charge in [-0.15, -0.1) is 0 Å². The highest BCUT2D eigenvalue weighted by Gasteiger charge is 2.18. The van der Waals surface area contributed by atoms with E-state index in [9.17, 15) is 9.59 Å². The molecule has 0 saturated heterocycles. The summed E-state index contributed by atoms with van der Waals surface area (Å²) in [6.45, 7) is 4.00. The van der Waals surface area contributed by atoms with Crippen LogP contribution in [0.1, 0.15) is 25.7 Å².